The monoisotopic (exact) mass is 428 g/mol. The largest absolute Gasteiger partial charge is 0.351 e. The average molecular weight is 429 g/mol. The van der Waals surface area contributed by atoms with Gasteiger partial charge in [-0.2, -0.15) is 0 Å². The molecule has 6 heteroatoms. The fourth-order valence-electron chi connectivity index (χ4n) is 5.95. The first-order chi connectivity index (χ1) is 15.0. The Hall–Kier alpha value is -1.82. The molecule has 6 nitrogen and oxygen atoms in total. The van der Waals surface area contributed by atoms with Crippen molar-refractivity contribution in [3.63, 3.8) is 0 Å². The molecule has 0 bridgehead atoms. The van der Waals surface area contributed by atoms with Crippen LogP contribution >= 0.6 is 0 Å². The molecule has 0 radical (unpaired) electrons. The van der Waals surface area contributed by atoms with E-state index in [0.29, 0.717) is 18.5 Å². The van der Waals surface area contributed by atoms with Crippen LogP contribution in [-0.2, 0) is 4.79 Å². The van der Waals surface area contributed by atoms with Crippen LogP contribution in [0.25, 0.3) is 0 Å². The summed E-state index contributed by atoms with van der Waals surface area (Å²) in [6, 6.07) is 2.62. The van der Waals surface area contributed by atoms with Crippen LogP contribution in [0, 0.1) is 19.8 Å². The predicted octanol–water partition coefficient (Wildman–Crippen LogP) is 3.67. The van der Waals surface area contributed by atoms with Gasteiger partial charge in [0.05, 0.1) is 5.56 Å². The minimum atomic E-state index is 0.0465. The molecule has 4 rings (SSSR count). The zero-order chi connectivity index (χ0) is 21.8. The van der Waals surface area contributed by atoms with Crippen molar-refractivity contribution in [2.24, 2.45) is 5.92 Å². The van der Waals surface area contributed by atoms with Gasteiger partial charge in [0.25, 0.3) is 5.91 Å². The van der Waals surface area contributed by atoms with Gasteiger partial charge in [0.2, 0.25) is 5.91 Å². The summed E-state index contributed by atoms with van der Waals surface area (Å²) in [4.78, 5) is 29.9. The summed E-state index contributed by atoms with van der Waals surface area (Å²) in [5.74, 6) is 0.697. The van der Waals surface area contributed by atoms with E-state index in [2.05, 4.69) is 39.6 Å². The van der Waals surface area contributed by atoms with Crippen molar-refractivity contribution in [1.82, 2.24) is 19.7 Å². The van der Waals surface area contributed by atoms with Gasteiger partial charge in [-0.15, -0.1) is 0 Å². The molecule has 3 fully saturated rings. The predicted molar refractivity (Wildman–Crippen MR) is 123 cm³/mol. The van der Waals surface area contributed by atoms with Crippen molar-refractivity contribution >= 4 is 11.8 Å². The van der Waals surface area contributed by atoms with Gasteiger partial charge in [0.15, 0.2) is 0 Å². The molecule has 2 amide bonds. The van der Waals surface area contributed by atoms with Gasteiger partial charge in [-0.1, -0.05) is 32.1 Å². The normalized spacial score (nSPS) is 21.5. The van der Waals surface area contributed by atoms with Crippen LogP contribution < -0.4 is 5.32 Å². The van der Waals surface area contributed by atoms with Gasteiger partial charge >= 0.3 is 0 Å². The molecule has 2 saturated carbocycles. The van der Waals surface area contributed by atoms with Crippen LogP contribution in [0.4, 0.5) is 0 Å². The number of hydrogen-bond acceptors (Lipinski definition) is 3. The summed E-state index contributed by atoms with van der Waals surface area (Å²) >= 11 is 0. The SMILES string of the molecule is Cc1cc(C(=O)NCCN2CCN(C(=O)C3CCCC3)CC2)c(C)n1C1CCCCC1. The standard InChI is InChI=1S/C25H40N4O2/c1-19-18-23(20(2)29(19)22-10-4-3-5-11-22)24(30)26-12-13-27-14-16-28(17-15-27)25(31)21-8-6-7-9-21/h18,21-22H,3-17H2,1-2H3,(H,26,30). The molecule has 1 aliphatic heterocycles. The molecule has 1 aromatic heterocycles. The van der Waals surface area contributed by atoms with Crippen LogP contribution in [0.2, 0.25) is 0 Å². The molecule has 2 aliphatic carbocycles. The summed E-state index contributed by atoms with van der Waals surface area (Å²) in [5.41, 5.74) is 3.15. The number of aryl methyl sites for hydroxylation is 1. The third-order valence-corrected chi connectivity index (χ3v) is 7.77. The van der Waals surface area contributed by atoms with Gasteiger partial charge in [0.1, 0.15) is 0 Å². The Bertz CT molecular complexity index is 767. The molecule has 3 aliphatic rings. The molecule has 1 saturated heterocycles. The summed E-state index contributed by atoms with van der Waals surface area (Å²) in [5, 5.41) is 3.13. The van der Waals surface area contributed by atoms with E-state index in [-0.39, 0.29) is 11.8 Å². The fourth-order valence-corrected chi connectivity index (χ4v) is 5.95. The van der Waals surface area contributed by atoms with E-state index >= 15 is 0 Å². The smallest absolute Gasteiger partial charge is 0.253 e. The van der Waals surface area contributed by atoms with Gasteiger partial charge in [0, 0.05) is 62.6 Å². The van der Waals surface area contributed by atoms with E-state index in [4.69, 9.17) is 0 Å². The second-order valence-electron chi connectivity index (χ2n) is 9.85. The lowest BCUT2D eigenvalue weighted by atomic mass is 9.95. The Morgan fingerprint density at radius 2 is 1.58 bits per heavy atom. The maximum atomic E-state index is 12.8. The minimum Gasteiger partial charge on any atom is -0.351 e. The van der Waals surface area contributed by atoms with E-state index in [9.17, 15) is 9.59 Å². The summed E-state index contributed by atoms with van der Waals surface area (Å²) in [6.45, 7) is 9.19. The van der Waals surface area contributed by atoms with E-state index in [1.807, 2.05) is 0 Å². The number of carbonyl (C=O) groups excluding carboxylic acids is 2. The number of aromatic nitrogens is 1. The van der Waals surface area contributed by atoms with Crippen molar-refractivity contribution in [3.8, 4) is 0 Å². The molecular formula is C25H40N4O2. The van der Waals surface area contributed by atoms with Gasteiger partial charge in [-0.3, -0.25) is 14.5 Å². The quantitative estimate of drug-likeness (QED) is 0.752. The van der Waals surface area contributed by atoms with Crippen LogP contribution in [0.1, 0.15) is 85.6 Å². The Morgan fingerprint density at radius 1 is 0.935 bits per heavy atom. The number of carbonyl (C=O) groups is 2. The molecular weight excluding hydrogens is 388 g/mol. The Balaban J connectivity index is 1.22. The van der Waals surface area contributed by atoms with Crippen LogP contribution in [-0.4, -0.2) is 65.4 Å². The number of rotatable bonds is 6. The number of amides is 2. The summed E-state index contributed by atoms with van der Waals surface area (Å²) in [7, 11) is 0. The van der Waals surface area contributed by atoms with Crippen LogP contribution in [0.3, 0.4) is 0 Å². The molecule has 0 atom stereocenters. The summed E-state index contributed by atoms with van der Waals surface area (Å²) in [6.07, 6.45) is 11.0. The fraction of sp³-hybridized carbons (Fsp3) is 0.760. The first-order valence-electron chi connectivity index (χ1n) is 12.5. The molecule has 2 heterocycles. The van der Waals surface area contributed by atoms with Crippen LogP contribution in [0.15, 0.2) is 6.07 Å². The number of piperazine rings is 1. The Morgan fingerprint density at radius 3 is 2.26 bits per heavy atom. The molecule has 1 N–H and O–H groups in total. The first-order valence-corrected chi connectivity index (χ1v) is 12.5. The van der Waals surface area contributed by atoms with Crippen LogP contribution in [0.5, 0.6) is 0 Å². The van der Waals surface area contributed by atoms with Crippen molar-refractivity contribution in [2.45, 2.75) is 77.7 Å². The number of hydrogen-bond donors (Lipinski definition) is 1. The van der Waals surface area contributed by atoms with E-state index in [0.717, 1.165) is 56.8 Å². The molecule has 0 unspecified atom stereocenters. The van der Waals surface area contributed by atoms with E-state index in [1.165, 1.54) is 50.6 Å². The zero-order valence-electron chi connectivity index (χ0n) is 19.5. The minimum absolute atomic E-state index is 0.0465. The van der Waals surface area contributed by atoms with Crippen molar-refractivity contribution < 1.29 is 9.59 Å². The number of nitrogens with one attached hydrogen (secondary N) is 1. The second-order valence-corrected chi connectivity index (χ2v) is 9.85. The lowest BCUT2D eigenvalue weighted by molar-refractivity contribution is -0.137. The molecule has 1 aromatic rings. The van der Waals surface area contributed by atoms with E-state index in [1.54, 1.807) is 0 Å². The highest BCUT2D eigenvalue weighted by Gasteiger charge is 2.29. The average Bonchev–Trinajstić information content (AvgIpc) is 3.42. The highest BCUT2D eigenvalue weighted by Crippen LogP contribution is 2.32. The molecule has 31 heavy (non-hydrogen) atoms. The van der Waals surface area contributed by atoms with Crippen molar-refractivity contribution in [3.05, 3.63) is 23.0 Å². The first kappa shape index (κ1) is 22.4. The molecule has 0 aromatic carbocycles. The lowest BCUT2D eigenvalue weighted by Gasteiger charge is -2.36. The lowest BCUT2D eigenvalue weighted by Crippen LogP contribution is -2.51. The Labute approximate surface area is 187 Å². The van der Waals surface area contributed by atoms with Crippen molar-refractivity contribution in [1.29, 1.82) is 0 Å². The van der Waals surface area contributed by atoms with Crippen molar-refractivity contribution in [2.75, 3.05) is 39.3 Å². The topological polar surface area (TPSA) is 57.6 Å². The maximum absolute atomic E-state index is 12.8. The van der Waals surface area contributed by atoms with Gasteiger partial charge in [-0.25, -0.2) is 0 Å². The number of nitrogens with zero attached hydrogens (tertiary/aromatic N) is 3. The Kier molecular flexibility index (Phi) is 7.36. The third kappa shape index (κ3) is 5.16. The molecule has 0 spiro atoms. The maximum Gasteiger partial charge on any atom is 0.253 e. The summed E-state index contributed by atoms with van der Waals surface area (Å²) < 4.78 is 2.40. The van der Waals surface area contributed by atoms with Gasteiger partial charge < -0.3 is 14.8 Å². The third-order valence-electron chi connectivity index (χ3n) is 7.77. The zero-order valence-corrected chi connectivity index (χ0v) is 19.5. The van der Waals surface area contributed by atoms with Gasteiger partial charge in [-0.05, 0) is 45.6 Å². The molecule has 172 valence electrons. The second kappa shape index (κ2) is 10.2. The van der Waals surface area contributed by atoms with E-state index < -0.39 is 0 Å². The highest BCUT2D eigenvalue weighted by molar-refractivity contribution is 5.95. The highest BCUT2D eigenvalue weighted by atomic mass is 16.2.